The largest absolute Gasteiger partial charge is 0.493 e. The van der Waals surface area contributed by atoms with Crippen LogP contribution in [0.2, 0.25) is 0 Å². The molecule has 1 rings (SSSR count). The maximum atomic E-state index is 11.1. The van der Waals surface area contributed by atoms with Crippen molar-refractivity contribution in [2.24, 2.45) is 5.73 Å². The Hall–Kier alpha value is -2.28. The van der Waals surface area contributed by atoms with Gasteiger partial charge in [-0.05, 0) is 17.7 Å². The molecule has 1 atom stereocenters. The predicted molar refractivity (Wildman–Crippen MR) is 70.0 cm³/mol. The number of nitrogens with two attached hydrogens (primary N) is 1. The van der Waals surface area contributed by atoms with Crippen molar-refractivity contribution in [3.05, 3.63) is 17.7 Å². The number of carbonyl (C=O) groups excluding carboxylic acids is 1. The normalized spacial score (nSPS) is 11.6. The Bertz CT molecular complexity index is 489. The molecule has 0 saturated heterocycles. The Morgan fingerprint density at radius 3 is 2.10 bits per heavy atom. The van der Waals surface area contributed by atoms with Gasteiger partial charge in [0.2, 0.25) is 5.75 Å². The zero-order valence-corrected chi connectivity index (χ0v) is 11.5. The first kappa shape index (κ1) is 15.8. The summed E-state index contributed by atoms with van der Waals surface area (Å²) < 4.78 is 15.3. The van der Waals surface area contributed by atoms with Crippen molar-refractivity contribution in [1.82, 2.24) is 0 Å². The Balaban J connectivity index is 3.24. The average molecular weight is 283 g/mol. The van der Waals surface area contributed by atoms with E-state index in [4.69, 9.17) is 25.1 Å². The standard InChI is InChI=1S/C13H17NO6/c1-7(15)20-13-10(18-2)4-8(5-11(13)19-3)9(14)6-12(16)17/h4-5,9H,6,14H2,1-3H3,(H,16,17). The smallest absolute Gasteiger partial charge is 0.308 e. The highest BCUT2D eigenvalue weighted by Gasteiger charge is 2.19. The number of esters is 1. The third-order valence-electron chi connectivity index (χ3n) is 2.55. The van der Waals surface area contributed by atoms with Gasteiger partial charge >= 0.3 is 11.9 Å². The van der Waals surface area contributed by atoms with E-state index in [9.17, 15) is 9.59 Å². The van der Waals surface area contributed by atoms with Crippen LogP contribution in [0.25, 0.3) is 0 Å². The van der Waals surface area contributed by atoms with Crippen LogP contribution in [0.3, 0.4) is 0 Å². The minimum absolute atomic E-state index is 0.133. The van der Waals surface area contributed by atoms with Crippen molar-refractivity contribution in [3.63, 3.8) is 0 Å². The SMILES string of the molecule is COc1cc(C(N)CC(=O)O)cc(OC)c1OC(C)=O. The summed E-state index contributed by atoms with van der Waals surface area (Å²) in [5.74, 6) is -0.914. The Labute approximate surface area is 116 Å². The van der Waals surface area contributed by atoms with E-state index in [1.54, 1.807) is 0 Å². The second-order valence-corrected chi connectivity index (χ2v) is 4.05. The Kier molecular flexibility index (Phi) is 5.33. The first-order valence-electron chi connectivity index (χ1n) is 5.80. The molecule has 0 aliphatic carbocycles. The second kappa shape index (κ2) is 6.76. The van der Waals surface area contributed by atoms with E-state index in [1.165, 1.54) is 33.3 Å². The van der Waals surface area contributed by atoms with Gasteiger partial charge in [-0.25, -0.2) is 0 Å². The quantitative estimate of drug-likeness (QED) is 0.594. The number of hydrogen-bond acceptors (Lipinski definition) is 6. The van der Waals surface area contributed by atoms with Crippen molar-refractivity contribution in [2.45, 2.75) is 19.4 Å². The lowest BCUT2D eigenvalue weighted by Crippen LogP contribution is -2.15. The summed E-state index contributed by atoms with van der Waals surface area (Å²) in [6.45, 7) is 1.25. The lowest BCUT2D eigenvalue weighted by atomic mass is 10.0. The molecule has 3 N–H and O–H groups in total. The molecule has 0 spiro atoms. The first-order valence-corrected chi connectivity index (χ1v) is 5.80. The zero-order valence-electron chi connectivity index (χ0n) is 11.5. The molecule has 0 saturated carbocycles. The van der Waals surface area contributed by atoms with Gasteiger partial charge in [-0.3, -0.25) is 9.59 Å². The average Bonchev–Trinajstić information content (AvgIpc) is 2.37. The summed E-state index contributed by atoms with van der Waals surface area (Å²) in [4.78, 5) is 21.8. The highest BCUT2D eigenvalue weighted by atomic mass is 16.6. The number of carbonyl (C=O) groups is 2. The number of methoxy groups -OCH3 is 2. The number of rotatable bonds is 6. The molecule has 0 aromatic heterocycles. The summed E-state index contributed by atoms with van der Waals surface area (Å²) in [5, 5.41) is 8.76. The Morgan fingerprint density at radius 1 is 1.25 bits per heavy atom. The van der Waals surface area contributed by atoms with Gasteiger partial charge in [0.25, 0.3) is 0 Å². The van der Waals surface area contributed by atoms with E-state index in [2.05, 4.69) is 0 Å². The molecule has 0 fully saturated rings. The highest BCUT2D eigenvalue weighted by Crippen LogP contribution is 2.40. The van der Waals surface area contributed by atoms with Crippen LogP contribution < -0.4 is 19.9 Å². The van der Waals surface area contributed by atoms with Gasteiger partial charge in [-0.2, -0.15) is 0 Å². The van der Waals surface area contributed by atoms with E-state index < -0.39 is 18.0 Å². The fraction of sp³-hybridized carbons (Fsp3) is 0.385. The van der Waals surface area contributed by atoms with Gasteiger partial charge in [0.15, 0.2) is 11.5 Å². The number of aliphatic carboxylic acids is 1. The molecule has 0 bridgehead atoms. The number of carboxylic acids is 1. The molecule has 7 heteroatoms. The molecular formula is C13H17NO6. The minimum atomic E-state index is -1.01. The molecule has 0 radical (unpaired) electrons. The zero-order chi connectivity index (χ0) is 15.3. The van der Waals surface area contributed by atoms with Gasteiger partial charge in [-0.15, -0.1) is 0 Å². The molecule has 110 valence electrons. The molecule has 0 aliphatic rings. The third kappa shape index (κ3) is 3.86. The maximum absolute atomic E-state index is 11.1. The topological polar surface area (TPSA) is 108 Å². The van der Waals surface area contributed by atoms with E-state index >= 15 is 0 Å². The monoisotopic (exact) mass is 283 g/mol. The molecule has 0 heterocycles. The fourth-order valence-corrected chi connectivity index (χ4v) is 1.66. The van der Waals surface area contributed by atoms with Crippen molar-refractivity contribution in [1.29, 1.82) is 0 Å². The van der Waals surface area contributed by atoms with Crippen LogP contribution in [0, 0.1) is 0 Å². The molecular weight excluding hydrogens is 266 g/mol. The van der Waals surface area contributed by atoms with E-state index in [0.717, 1.165) is 0 Å². The van der Waals surface area contributed by atoms with E-state index in [1.807, 2.05) is 0 Å². The van der Waals surface area contributed by atoms with Crippen LogP contribution in [0.15, 0.2) is 12.1 Å². The third-order valence-corrected chi connectivity index (χ3v) is 2.55. The predicted octanol–water partition coefficient (Wildman–Crippen LogP) is 1.10. The molecule has 7 nitrogen and oxygen atoms in total. The van der Waals surface area contributed by atoms with Crippen LogP contribution >= 0.6 is 0 Å². The van der Waals surface area contributed by atoms with Crippen LogP contribution in [0.4, 0.5) is 0 Å². The maximum Gasteiger partial charge on any atom is 0.308 e. The van der Waals surface area contributed by atoms with Crippen LogP contribution in [-0.4, -0.2) is 31.3 Å². The summed E-state index contributed by atoms with van der Waals surface area (Å²) in [7, 11) is 2.79. The molecule has 1 aromatic carbocycles. The van der Waals surface area contributed by atoms with Crippen LogP contribution in [0.1, 0.15) is 24.9 Å². The second-order valence-electron chi connectivity index (χ2n) is 4.05. The lowest BCUT2D eigenvalue weighted by Gasteiger charge is -2.16. The summed E-state index contributed by atoms with van der Waals surface area (Å²) in [5.41, 5.74) is 6.31. The molecule has 0 aliphatic heterocycles. The van der Waals surface area contributed by atoms with Gasteiger partial charge < -0.3 is 25.1 Å². The molecule has 20 heavy (non-hydrogen) atoms. The molecule has 1 aromatic rings. The summed E-state index contributed by atoms with van der Waals surface area (Å²) in [6.07, 6.45) is -0.237. The van der Waals surface area contributed by atoms with Crippen LogP contribution in [-0.2, 0) is 9.59 Å². The summed E-state index contributed by atoms with van der Waals surface area (Å²) >= 11 is 0. The van der Waals surface area contributed by atoms with Gasteiger partial charge in [0.1, 0.15) is 0 Å². The molecule has 1 unspecified atom stereocenters. The van der Waals surface area contributed by atoms with E-state index in [0.29, 0.717) is 5.56 Å². The van der Waals surface area contributed by atoms with Crippen molar-refractivity contribution in [3.8, 4) is 17.2 Å². The van der Waals surface area contributed by atoms with Crippen molar-refractivity contribution in [2.75, 3.05) is 14.2 Å². The number of benzene rings is 1. The van der Waals surface area contributed by atoms with Crippen LogP contribution in [0.5, 0.6) is 17.2 Å². The highest BCUT2D eigenvalue weighted by molar-refractivity contribution is 5.73. The van der Waals surface area contributed by atoms with Gasteiger partial charge in [0.05, 0.1) is 20.6 Å². The Morgan fingerprint density at radius 2 is 1.75 bits per heavy atom. The van der Waals surface area contributed by atoms with Crippen molar-refractivity contribution >= 4 is 11.9 Å². The van der Waals surface area contributed by atoms with Gasteiger partial charge in [-0.1, -0.05) is 0 Å². The van der Waals surface area contributed by atoms with Gasteiger partial charge in [0, 0.05) is 13.0 Å². The summed E-state index contributed by atoms with van der Waals surface area (Å²) in [6, 6.07) is 2.32. The minimum Gasteiger partial charge on any atom is -0.493 e. The molecule has 0 amide bonds. The van der Waals surface area contributed by atoms with E-state index in [-0.39, 0.29) is 23.7 Å². The number of hydrogen-bond donors (Lipinski definition) is 2. The fourth-order valence-electron chi connectivity index (χ4n) is 1.66. The first-order chi connectivity index (χ1) is 9.38. The number of carboxylic acid groups (broad SMARTS) is 1. The van der Waals surface area contributed by atoms with Crippen molar-refractivity contribution < 1.29 is 28.9 Å². The number of ether oxygens (including phenoxy) is 3. The lowest BCUT2D eigenvalue weighted by molar-refractivity contribution is -0.137.